The summed E-state index contributed by atoms with van der Waals surface area (Å²) in [6.07, 6.45) is 16.2. The molecule has 0 aliphatic rings. The fraction of sp³-hybridized carbons (Fsp3) is 0.714. The molecular weight excluding hydrogens is 260 g/mol. The topological polar surface area (TPSA) is 25.8 Å². The molecular formula is C14H28N2S2. The van der Waals surface area contributed by atoms with E-state index >= 15 is 0 Å². The Hall–Kier alpha value is -0.220. The van der Waals surface area contributed by atoms with Crippen LogP contribution in [0.3, 0.4) is 0 Å². The van der Waals surface area contributed by atoms with Gasteiger partial charge in [0.1, 0.15) is 5.82 Å². The van der Waals surface area contributed by atoms with E-state index in [0.29, 0.717) is 10.5 Å². The lowest BCUT2D eigenvalue weighted by atomic mass is 10.1. The maximum atomic E-state index is 4.84. The van der Waals surface area contributed by atoms with Crippen LogP contribution in [0.15, 0.2) is 12.3 Å². The summed E-state index contributed by atoms with van der Waals surface area (Å²) < 4.78 is 0.517. The third-order valence-corrected chi connectivity index (χ3v) is 9.24. The molecule has 0 aromatic carbocycles. The zero-order valence-corrected chi connectivity index (χ0v) is 14.7. The van der Waals surface area contributed by atoms with Gasteiger partial charge in [-0.15, -0.1) is 0 Å². The number of hydrogen-bond acceptors (Lipinski definition) is 2. The van der Waals surface area contributed by atoms with Gasteiger partial charge >= 0.3 is 0 Å². The van der Waals surface area contributed by atoms with Crippen molar-refractivity contribution in [3.63, 3.8) is 0 Å². The molecule has 1 heterocycles. The molecule has 0 amide bonds. The van der Waals surface area contributed by atoms with Gasteiger partial charge in [0, 0.05) is 11.9 Å². The Kier molecular flexibility index (Phi) is 4.76. The smallest absolute Gasteiger partial charge is 0.148 e. The lowest BCUT2D eigenvalue weighted by molar-refractivity contribution is 0.797. The maximum Gasteiger partial charge on any atom is 0.148 e. The average molecular weight is 289 g/mol. The van der Waals surface area contributed by atoms with E-state index in [0.717, 1.165) is 11.5 Å². The Morgan fingerprint density at radius 1 is 0.944 bits per heavy atom. The highest BCUT2D eigenvalue weighted by atomic mass is 32.3. The van der Waals surface area contributed by atoms with E-state index in [1.54, 1.807) is 0 Å². The van der Waals surface area contributed by atoms with E-state index < -0.39 is 20.1 Å². The Balaban J connectivity index is 3.27. The fourth-order valence-corrected chi connectivity index (χ4v) is 10.7. The van der Waals surface area contributed by atoms with Crippen molar-refractivity contribution in [2.75, 3.05) is 37.5 Å². The summed E-state index contributed by atoms with van der Waals surface area (Å²) >= 11 is 0. The second-order valence-corrected chi connectivity index (χ2v) is 15.7. The molecule has 0 fully saturated rings. The molecule has 0 N–H and O–H groups in total. The number of aromatic nitrogens is 2. The molecule has 1 aromatic rings. The zero-order valence-electron chi connectivity index (χ0n) is 13.0. The Morgan fingerprint density at radius 3 is 1.83 bits per heavy atom. The lowest BCUT2D eigenvalue weighted by Crippen LogP contribution is -2.17. The van der Waals surface area contributed by atoms with Crippen LogP contribution in [0.4, 0.5) is 0 Å². The van der Waals surface area contributed by atoms with E-state index in [1.807, 2.05) is 12.3 Å². The summed E-state index contributed by atoms with van der Waals surface area (Å²) in [7, 11) is -1.41. The van der Waals surface area contributed by atoms with Gasteiger partial charge in [-0.2, -0.15) is 0 Å². The van der Waals surface area contributed by atoms with E-state index in [2.05, 4.69) is 56.4 Å². The van der Waals surface area contributed by atoms with Crippen LogP contribution in [0.25, 0.3) is 0 Å². The molecule has 18 heavy (non-hydrogen) atoms. The van der Waals surface area contributed by atoms with Crippen LogP contribution in [-0.2, 0) is 0 Å². The minimum Gasteiger partial charge on any atom is -0.239 e. The standard InChI is InChI=1S/C14H28N2S2/c1-11(2)12-9-10-15-13(16-12)14(17(3,4)5)18(6,7)8/h9-11,14H,1-8H3. The SMILES string of the molecule is CC(C)c1ccnc(C(S(C)(C)C)S(C)(C)C)n1. The van der Waals surface area contributed by atoms with Gasteiger partial charge < -0.3 is 0 Å². The molecule has 0 atom stereocenters. The molecule has 106 valence electrons. The fourth-order valence-electron chi connectivity index (χ4n) is 2.32. The normalized spacial score (nSPS) is 15.2. The molecule has 0 saturated heterocycles. The zero-order chi connectivity index (χ0) is 14.1. The van der Waals surface area contributed by atoms with Gasteiger partial charge in [-0.1, -0.05) is 13.8 Å². The van der Waals surface area contributed by atoms with E-state index in [4.69, 9.17) is 4.98 Å². The molecule has 0 aliphatic carbocycles. The van der Waals surface area contributed by atoms with E-state index in [-0.39, 0.29) is 0 Å². The summed E-state index contributed by atoms with van der Waals surface area (Å²) in [4.78, 5) is 9.42. The quantitative estimate of drug-likeness (QED) is 0.837. The average Bonchev–Trinajstić information content (AvgIpc) is 2.13. The second kappa shape index (κ2) is 5.41. The van der Waals surface area contributed by atoms with Gasteiger partial charge in [0.15, 0.2) is 0 Å². The first-order valence-electron chi connectivity index (χ1n) is 6.20. The Labute approximate surface area is 116 Å². The molecule has 0 bridgehead atoms. The van der Waals surface area contributed by atoms with E-state index in [1.165, 1.54) is 0 Å². The lowest BCUT2D eigenvalue weighted by Gasteiger charge is -2.46. The van der Waals surface area contributed by atoms with Crippen LogP contribution in [0.1, 0.15) is 35.9 Å². The predicted octanol–water partition coefficient (Wildman–Crippen LogP) is 3.99. The summed E-state index contributed by atoms with van der Waals surface area (Å²) in [5.41, 5.74) is 1.16. The van der Waals surface area contributed by atoms with E-state index in [9.17, 15) is 0 Å². The molecule has 4 heteroatoms. The second-order valence-electron chi connectivity index (χ2n) is 6.69. The van der Waals surface area contributed by atoms with Gasteiger partial charge in [-0.05, 0) is 49.5 Å². The highest BCUT2D eigenvalue weighted by Gasteiger charge is 2.32. The summed E-state index contributed by atoms with van der Waals surface area (Å²) in [5, 5.41) is 0. The molecule has 0 aliphatic heterocycles. The summed E-state index contributed by atoms with van der Waals surface area (Å²) in [5.74, 6) is 1.53. The minimum atomic E-state index is -0.706. The van der Waals surface area contributed by atoms with Crippen molar-refractivity contribution in [2.24, 2.45) is 0 Å². The molecule has 0 unspecified atom stereocenters. The maximum absolute atomic E-state index is 4.84. The van der Waals surface area contributed by atoms with Gasteiger partial charge in [0.2, 0.25) is 0 Å². The predicted molar refractivity (Wildman–Crippen MR) is 89.6 cm³/mol. The third kappa shape index (κ3) is 3.89. The summed E-state index contributed by atoms with van der Waals surface area (Å²) in [6, 6.07) is 2.04. The van der Waals surface area contributed by atoms with Crippen LogP contribution in [-0.4, -0.2) is 47.5 Å². The highest BCUT2D eigenvalue weighted by molar-refractivity contribution is 8.47. The van der Waals surface area contributed by atoms with Crippen LogP contribution in [0, 0.1) is 0 Å². The first kappa shape index (κ1) is 15.8. The highest BCUT2D eigenvalue weighted by Crippen LogP contribution is 2.67. The number of hydrogen-bond donors (Lipinski definition) is 0. The van der Waals surface area contributed by atoms with Crippen LogP contribution >= 0.6 is 20.1 Å². The first-order chi connectivity index (χ1) is 8.03. The van der Waals surface area contributed by atoms with Crippen molar-refractivity contribution < 1.29 is 0 Å². The van der Waals surface area contributed by atoms with Crippen molar-refractivity contribution in [2.45, 2.75) is 24.3 Å². The molecule has 0 saturated carbocycles. The number of rotatable bonds is 4. The minimum absolute atomic E-state index is 0.470. The van der Waals surface area contributed by atoms with Crippen LogP contribution in [0.5, 0.6) is 0 Å². The van der Waals surface area contributed by atoms with Crippen molar-refractivity contribution >= 4 is 20.1 Å². The van der Waals surface area contributed by atoms with Gasteiger partial charge in [0.05, 0.1) is 4.58 Å². The van der Waals surface area contributed by atoms with Gasteiger partial charge in [-0.3, -0.25) is 0 Å². The molecule has 1 aromatic heterocycles. The molecule has 0 radical (unpaired) electrons. The molecule has 0 spiro atoms. The molecule has 1 rings (SSSR count). The van der Waals surface area contributed by atoms with Crippen molar-refractivity contribution in [3.05, 3.63) is 23.8 Å². The third-order valence-electron chi connectivity index (χ3n) is 2.78. The largest absolute Gasteiger partial charge is 0.239 e. The Bertz CT molecular complexity index is 389. The summed E-state index contributed by atoms with van der Waals surface area (Å²) in [6.45, 7) is 4.38. The van der Waals surface area contributed by atoms with Gasteiger partial charge in [0.25, 0.3) is 0 Å². The molecule has 2 nitrogen and oxygen atoms in total. The van der Waals surface area contributed by atoms with Gasteiger partial charge in [-0.25, -0.2) is 30.0 Å². The first-order valence-corrected chi connectivity index (χ1v) is 12.0. The van der Waals surface area contributed by atoms with Crippen molar-refractivity contribution in [1.29, 1.82) is 0 Å². The monoisotopic (exact) mass is 288 g/mol. The van der Waals surface area contributed by atoms with Crippen LogP contribution in [0.2, 0.25) is 0 Å². The number of nitrogens with zero attached hydrogens (tertiary/aromatic N) is 2. The van der Waals surface area contributed by atoms with Crippen LogP contribution < -0.4 is 0 Å². The Morgan fingerprint density at radius 2 is 1.44 bits per heavy atom. The van der Waals surface area contributed by atoms with Crippen molar-refractivity contribution in [1.82, 2.24) is 9.97 Å². The van der Waals surface area contributed by atoms with Crippen molar-refractivity contribution in [3.8, 4) is 0 Å².